The molecule has 84 valence electrons. The van der Waals surface area contributed by atoms with E-state index in [0.717, 1.165) is 18.1 Å². The average molecular weight is 274 g/mol. The van der Waals surface area contributed by atoms with Crippen LogP contribution in [0.4, 0.5) is 0 Å². The van der Waals surface area contributed by atoms with Gasteiger partial charge in [0, 0.05) is 25.7 Å². The molecule has 1 heterocycles. The normalized spacial score (nSPS) is 28.2. The van der Waals surface area contributed by atoms with E-state index in [9.17, 15) is 0 Å². The fourth-order valence-electron chi connectivity index (χ4n) is 1.02. The van der Waals surface area contributed by atoms with E-state index in [1.807, 2.05) is 11.8 Å². The summed E-state index contributed by atoms with van der Waals surface area (Å²) < 4.78 is 16.0. The highest BCUT2D eigenvalue weighted by atomic mass is 32.9. The van der Waals surface area contributed by atoms with Crippen LogP contribution in [0.3, 0.4) is 0 Å². The molecular weight excluding hydrogens is 259 g/mol. The van der Waals surface area contributed by atoms with Gasteiger partial charge in [-0.2, -0.15) is 0 Å². The van der Waals surface area contributed by atoms with Crippen LogP contribution in [-0.2, 0) is 25.6 Å². The molecular formula is C7H15O3PS3. The molecule has 14 heavy (non-hydrogen) atoms. The first-order valence-electron chi connectivity index (χ1n) is 4.17. The molecule has 3 nitrogen and oxygen atoms in total. The van der Waals surface area contributed by atoms with E-state index in [1.54, 1.807) is 25.6 Å². The zero-order valence-electron chi connectivity index (χ0n) is 8.52. The molecule has 0 unspecified atom stereocenters. The van der Waals surface area contributed by atoms with Crippen LogP contribution in [-0.4, -0.2) is 37.3 Å². The smallest absolute Gasteiger partial charge is 0.246 e. The molecule has 0 bridgehead atoms. The molecule has 0 N–H and O–H groups in total. The number of hydrogen-bond donors (Lipinski definition) is 0. The second-order valence-electron chi connectivity index (χ2n) is 2.92. The zero-order chi connectivity index (χ0) is 10.7. The van der Waals surface area contributed by atoms with Gasteiger partial charge in [-0.3, -0.25) is 0 Å². The Balaban J connectivity index is 2.42. The molecule has 7 heteroatoms. The number of ether oxygens (including phenoxy) is 1. The summed E-state index contributed by atoms with van der Waals surface area (Å²) in [5, 5.41) is 0. The minimum absolute atomic E-state index is 0.119. The Morgan fingerprint density at radius 3 is 2.64 bits per heavy atom. The van der Waals surface area contributed by atoms with Gasteiger partial charge in [-0.15, -0.1) is 11.8 Å². The van der Waals surface area contributed by atoms with Gasteiger partial charge in [0.15, 0.2) is 0 Å². The Bertz CT molecular complexity index is 222. The van der Waals surface area contributed by atoms with Gasteiger partial charge >= 0.3 is 0 Å². The van der Waals surface area contributed by atoms with E-state index < -0.39 is 5.69 Å². The third-order valence-corrected chi connectivity index (χ3v) is 9.22. The van der Waals surface area contributed by atoms with Crippen LogP contribution < -0.4 is 0 Å². The SMILES string of the molecule is COP(=S)(OC)SC[C@@]1(C)OCCS1. The predicted molar refractivity (Wildman–Crippen MR) is 67.6 cm³/mol. The minimum atomic E-state index is -2.12. The Kier molecular flexibility index (Phi) is 5.25. The van der Waals surface area contributed by atoms with Crippen molar-refractivity contribution in [3.8, 4) is 0 Å². The van der Waals surface area contributed by atoms with Crippen molar-refractivity contribution in [1.29, 1.82) is 0 Å². The average Bonchev–Trinajstić information content (AvgIpc) is 2.63. The first-order chi connectivity index (χ1) is 6.54. The van der Waals surface area contributed by atoms with Gasteiger partial charge in [-0.05, 0) is 18.7 Å². The van der Waals surface area contributed by atoms with Gasteiger partial charge in [0.2, 0.25) is 5.69 Å². The van der Waals surface area contributed by atoms with Crippen molar-refractivity contribution in [2.45, 2.75) is 11.9 Å². The molecule has 1 rings (SSSR count). The Morgan fingerprint density at radius 2 is 2.21 bits per heavy atom. The lowest BCUT2D eigenvalue weighted by Gasteiger charge is -2.24. The molecule has 0 radical (unpaired) electrons. The van der Waals surface area contributed by atoms with E-state index in [0.29, 0.717) is 0 Å². The Labute approximate surface area is 98.6 Å². The van der Waals surface area contributed by atoms with Gasteiger partial charge < -0.3 is 13.8 Å². The Morgan fingerprint density at radius 1 is 1.57 bits per heavy atom. The molecule has 0 aromatic rings. The molecule has 0 aliphatic carbocycles. The molecule has 0 amide bonds. The lowest BCUT2D eigenvalue weighted by atomic mass is 10.5. The summed E-state index contributed by atoms with van der Waals surface area (Å²) in [7, 11) is 3.20. The molecule has 1 fully saturated rings. The first-order valence-corrected chi connectivity index (χ1v) is 9.39. The lowest BCUT2D eigenvalue weighted by Crippen LogP contribution is -2.22. The highest BCUT2D eigenvalue weighted by molar-refractivity contribution is 8.68. The minimum Gasteiger partial charge on any atom is -0.363 e. The summed E-state index contributed by atoms with van der Waals surface area (Å²) >= 11 is 8.63. The van der Waals surface area contributed by atoms with Crippen LogP contribution in [0.1, 0.15) is 6.92 Å². The van der Waals surface area contributed by atoms with Crippen LogP contribution in [0.15, 0.2) is 0 Å². The molecule has 1 aliphatic heterocycles. The van der Waals surface area contributed by atoms with E-state index >= 15 is 0 Å². The monoisotopic (exact) mass is 274 g/mol. The lowest BCUT2D eigenvalue weighted by molar-refractivity contribution is 0.0843. The summed E-state index contributed by atoms with van der Waals surface area (Å²) in [4.78, 5) is -0.119. The first kappa shape index (κ1) is 13.3. The van der Waals surface area contributed by atoms with Gasteiger partial charge in [-0.1, -0.05) is 11.4 Å². The number of rotatable bonds is 5. The molecule has 0 saturated carbocycles. The molecule has 1 atom stereocenters. The van der Waals surface area contributed by atoms with Crippen molar-refractivity contribution >= 4 is 40.6 Å². The fraction of sp³-hybridized carbons (Fsp3) is 1.00. The van der Waals surface area contributed by atoms with Crippen molar-refractivity contribution < 1.29 is 13.8 Å². The third kappa shape index (κ3) is 3.67. The maximum absolute atomic E-state index is 5.63. The summed E-state index contributed by atoms with van der Waals surface area (Å²) in [6.45, 7) is 2.91. The third-order valence-electron chi connectivity index (χ3n) is 1.83. The van der Waals surface area contributed by atoms with Crippen molar-refractivity contribution in [3.63, 3.8) is 0 Å². The predicted octanol–water partition coefficient (Wildman–Crippen LogP) is 2.72. The summed E-state index contributed by atoms with van der Waals surface area (Å²) in [6.07, 6.45) is 0. The van der Waals surface area contributed by atoms with Crippen molar-refractivity contribution in [3.05, 3.63) is 0 Å². The molecule has 1 saturated heterocycles. The second kappa shape index (κ2) is 5.53. The maximum Gasteiger partial charge on any atom is 0.246 e. The van der Waals surface area contributed by atoms with Gasteiger partial charge in [-0.25, -0.2) is 0 Å². The van der Waals surface area contributed by atoms with Crippen LogP contribution in [0.2, 0.25) is 0 Å². The van der Waals surface area contributed by atoms with Crippen molar-refractivity contribution in [1.82, 2.24) is 0 Å². The largest absolute Gasteiger partial charge is 0.363 e. The summed E-state index contributed by atoms with van der Waals surface area (Å²) in [5.41, 5.74) is -2.12. The summed E-state index contributed by atoms with van der Waals surface area (Å²) in [5.74, 6) is 1.87. The maximum atomic E-state index is 5.63. The molecule has 0 aromatic heterocycles. The van der Waals surface area contributed by atoms with Gasteiger partial charge in [0.25, 0.3) is 0 Å². The molecule has 1 aliphatic rings. The van der Waals surface area contributed by atoms with E-state index in [1.165, 1.54) is 0 Å². The highest BCUT2D eigenvalue weighted by Gasteiger charge is 2.33. The molecule has 0 aromatic carbocycles. The van der Waals surface area contributed by atoms with Crippen molar-refractivity contribution in [2.24, 2.45) is 0 Å². The van der Waals surface area contributed by atoms with Crippen molar-refractivity contribution in [2.75, 3.05) is 32.3 Å². The highest BCUT2D eigenvalue weighted by Crippen LogP contribution is 2.61. The van der Waals surface area contributed by atoms with E-state index in [4.69, 9.17) is 25.6 Å². The van der Waals surface area contributed by atoms with Crippen LogP contribution >= 0.6 is 28.8 Å². The van der Waals surface area contributed by atoms with Crippen LogP contribution in [0, 0.1) is 0 Å². The number of hydrogen-bond acceptors (Lipinski definition) is 6. The quantitative estimate of drug-likeness (QED) is 0.716. The topological polar surface area (TPSA) is 27.7 Å². The van der Waals surface area contributed by atoms with E-state index in [2.05, 4.69) is 6.92 Å². The van der Waals surface area contributed by atoms with E-state index in [-0.39, 0.29) is 4.93 Å². The summed E-state index contributed by atoms with van der Waals surface area (Å²) in [6, 6.07) is 0. The van der Waals surface area contributed by atoms with Crippen LogP contribution in [0.25, 0.3) is 0 Å². The zero-order valence-corrected chi connectivity index (χ0v) is 11.9. The second-order valence-corrected chi connectivity index (χ2v) is 11.0. The number of thioether (sulfide) groups is 1. The fourth-order valence-corrected chi connectivity index (χ4v) is 5.71. The van der Waals surface area contributed by atoms with Gasteiger partial charge in [0.1, 0.15) is 4.93 Å². The van der Waals surface area contributed by atoms with Crippen LogP contribution in [0.5, 0.6) is 0 Å². The molecule has 0 spiro atoms. The standard InChI is InChI=1S/C7H15O3PS3/c1-7(10-4-5-13-7)6-14-11(12,8-2)9-3/h4-6H2,1-3H3/t7-/m0/s1. The van der Waals surface area contributed by atoms with Gasteiger partial charge in [0.05, 0.1) is 6.61 Å². The Hall–Kier alpha value is 1.23.